The zero-order chi connectivity index (χ0) is 15.1. The summed E-state index contributed by atoms with van der Waals surface area (Å²) in [5.74, 6) is 1.58. The average Bonchev–Trinajstić information content (AvgIpc) is 3.03. The van der Waals surface area contributed by atoms with Gasteiger partial charge in [-0.25, -0.2) is 0 Å². The molecule has 1 saturated carbocycles. The minimum atomic E-state index is 0.207. The van der Waals surface area contributed by atoms with Crippen LogP contribution in [0.1, 0.15) is 29.6 Å². The fraction of sp³-hybridized carbons (Fsp3) is 0.706. The molecule has 0 N–H and O–H groups in total. The molecule has 1 aromatic rings. The van der Waals surface area contributed by atoms with Crippen LogP contribution in [0.3, 0.4) is 0 Å². The third kappa shape index (κ3) is 2.70. The molecular formula is C17H24N2O2S. The first kappa shape index (κ1) is 14.7. The van der Waals surface area contributed by atoms with E-state index in [1.807, 2.05) is 23.9 Å². The van der Waals surface area contributed by atoms with E-state index in [9.17, 15) is 4.79 Å². The smallest absolute Gasteiger partial charge is 0.255 e. The van der Waals surface area contributed by atoms with Gasteiger partial charge in [0, 0.05) is 44.6 Å². The van der Waals surface area contributed by atoms with Gasteiger partial charge in [0.25, 0.3) is 5.91 Å². The number of hydrogen-bond acceptors (Lipinski definition) is 4. The Morgan fingerprint density at radius 2 is 2.23 bits per heavy atom. The van der Waals surface area contributed by atoms with Gasteiger partial charge in [0.15, 0.2) is 0 Å². The molecule has 1 aliphatic carbocycles. The van der Waals surface area contributed by atoms with E-state index in [0.717, 1.165) is 37.5 Å². The second kappa shape index (κ2) is 5.95. The van der Waals surface area contributed by atoms with Crippen molar-refractivity contribution in [3.8, 4) is 0 Å². The van der Waals surface area contributed by atoms with Gasteiger partial charge in [0.05, 0.1) is 17.7 Å². The van der Waals surface area contributed by atoms with E-state index in [-0.39, 0.29) is 5.91 Å². The lowest BCUT2D eigenvalue weighted by Gasteiger charge is -2.41. The van der Waals surface area contributed by atoms with E-state index in [4.69, 9.17) is 4.74 Å². The van der Waals surface area contributed by atoms with Crippen LogP contribution < -0.4 is 0 Å². The normalized spacial score (nSPS) is 32.2. The number of ether oxygens (including phenoxy) is 1. The van der Waals surface area contributed by atoms with Crippen LogP contribution in [0.5, 0.6) is 0 Å². The minimum absolute atomic E-state index is 0.207. The molecule has 3 heterocycles. The van der Waals surface area contributed by atoms with Crippen molar-refractivity contribution in [3.63, 3.8) is 0 Å². The Bertz CT molecular complexity index is 529. The molecule has 22 heavy (non-hydrogen) atoms. The van der Waals surface area contributed by atoms with Crippen LogP contribution in [-0.4, -0.2) is 61.1 Å². The maximum absolute atomic E-state index is 12.8. The van der Waals surface area contributed by atoms with Gasteiger partial charge < -0.3 is 14.5 Å². The van der Waals surface area contributed by atoms with Crippen molar-refractivity contribution < 1.29 is 9.53 Å². The van der Waals surface area contributed by atoms with Crippen LogP contribution >= 0.6 is 11.3 Å². The predicted molar refractivity (Wildman–Crippen MR) is 87.2 cm³/mol. The fourth-order valence-corrected chi connectivity index (χ4v) is 4.78. The first-order chi connectivity index (χ1) is 10.8. The van der Waals surface area contributed by atoms with E-state index < -0.39 is 0 Å². The molecule has 1 aromatic heterocycles. The minimum Gasteiger partial charge on any atom is -0.381 e. The maximum atomic E-state index is 12.8. The molecule has 0 spiro atoms. The van der Waals surface area contributed by atoms with Crippen LogP contribution in [0.4, 0.5) is 0 Å². The van der Waals surface area contributed by atoms with Gasteiger partial charge in [0.2, 0.25) is 0 Å². The molecule has 0 bridgehead atoms. The summed E-state index contributed by atoms with van der Waals surface area (Å²) in [4.78, 5) is 17.5. The number of nitrogens with zero attached hydrogens (tertiary/aromatic N) is 2. The van der Waals surface area contributed by atoms with Crippen LogP contribution in [0.2, 0.25) is 0 Å². The molecule has 2 aliphatic heterocycles. The zero-order valence-electron chi connectivity index (χ0n) is 13.1. The molecule has 120 valence electrons. The molecule has 1 amide bonds. The highest BCUT2D eigenvalue weighted by Gasteiger charge is 2.46. The summed E-state index contributed by atoms with van der Waals surface area (Å²) in [6.07, 6.45) is 4.04. The Morgan fingerprint density at radius 1 is 1.36 bits per heavy atom. The number of amides is 1. The van der Waals surface area contributed by atoms with Crippen molar-refractivity contribution >= 4 is 17.2 Å². The van der Waals surface area contributed by atoms with E-state index in [2.05, 4.69) is 9.80 Å². The van der Waals surface area contributed by atoms with E-state index in [1.165, 1.54) is 19.4 Å². The molecular weight excluding hydrogens is 296 g/mol. The lowest BCUT2D eigenvalue weighted by Crippen LogP contribution is -2.53. The summed E-state index contributed by atoms with van der Waals surface area (Å²) in [6, 6.07) is 2.27. The molecule has 3 aliphatic rings. The number of rotatable bonds is 4. The summed E-state index contributed by atoms with van der Waals surface area (Å²) in [6.45, 7) is 4.15. The van der Waals surface area contributed by atoms with Gasteiger partial charge in [0.1, 0.15) is 0 Å². The number of piperidine rings is 1. The monoisotopic (exact) mass is 320 g/mol. The zero-order valence-corrected chi connectivity index (χ0v) is 13.9. The van der Waals surface area contributed by atoms with E-state index in [0.29, 0.717) is 18.1 Å². The van der Waals surface area contributed by atoms with Gasteiger partial charge in [-0.2, -0.15) is 11.3 Å². The Hall–Kier alpha value is -0.910. The summed E-state index contributed by atoms with van der Waals surface area (Å²) < 4.78 is 5.73. The molecule has 0 aromatic carbocycles. The second-order valence-electron chi connectivity index (χ2n) is 6.97. The van der Waals surface area contributed by atoms with Gasteiger partial charge in [-0.3, -0.25) is 4.79 Å². The topological polar surface area (TPSA) is 32.8 Å². The highest BCUT2D eigenvalue weighted by molar-refractivity contribution is 7.08. The summed E-state index contributed by atoms with van der Waals surface area (Å²) in [7, 11) is 1.82. The molecule has 5 heteroatoms. The van der Waals surface area contributed by atoms with Gasteiger partial charge in [-0.15, -0.1) is 0 Å². The van der Waals surface area contributed by atoms with Crippen LogP contribution in [-0.2, 0) is 4.74 Å². The standard InChI is InChI=1S/C17H24N2O2S/c1-21-16-4-6-19(17(20)13-5-7-22-11-13)15-10-18(9-14(15)16)8-12-2-3-12/h5,7,11-12,14-16H,2-4,6,8-10H2,1H3/t14-,15+,16-/m0/s1. The SMILES string of the molecule is CO[C@H]1CCN(C(=O)c2ccsc2)[C@@H]2CN(CC3CC3)C[C@H]12. The first-order valence-electron chi connectivity index (χ1n) is 8.34. The second-order valence-corrected chi connectivity index (χ2v) is 7.75. The third-order valence-corrected chi connectivity index (χ3v) is 6.17. The molecule has 3 fully saturated rings. The molecule has 0 radical (unpaired) electrons. The maximum Gasteiger partial charge on any atom is 0.255 e. The molecule has 3 atom stereocenters. The number of fused-ring (bicyclic) bond motifs is 1. The number of likely N-dealkylation sites (tertiary alicyclic amines) is 2. The fourth-order valence-electron chi connectivity index (χ4n) is 4.15. The quantitative estimate of drug-likeness (QED) is 0.853. The number of hydrogen-bond donors (Lipinski definition) is 0. The van der Waals surface area contributed by atoms with Crippen molar-refractivity contribution in [1.82, 2.24) is 9.80 Å². The number of carbonyl (C=O) groups is 1. The van der Waals surface area contributed by atoms with E-state index in [1.54, 1.807) is 11.3 Å². The van der Waals surface area contributed by atoms with Gasteiger partial charge in [-0.1, -0.05) is 0 Å². The Morgan fingerprint density at radius 3 is 2.91 bits per heavy atom. The first-order valence-corrected chi connectivity index (χ1v) is 9.29. The van der Waals surface area contributed by atoms with E-state index >= 15 is 0 Å². The lowest BCUT2D eigenvalue weighted by molar-refractivity contribution is -0.0156. The molecule has 0 unspecified atom stereocenters. The summed E-state index contributed by atoms with van der Waals surface area (Å²) in [5.41, 5.74) is 0.847. The molecule has 2 saturated heterocycles. The highest BCUT2D eigenvalue weighted by Crippen LogP contribution is 2.36. The van der Waals surface area contributed by atoms with Crippen molar-refractivity contribution in [3.05, 3.63) is 22.4 Å². The lowest BCUT2D eigenvalue weighted by atomic mass is 9.88. The Kier molecular flexibility index (Phi) is 3.96. The van der Waals surface area contributed by atoms with Gasteiger partial charge >= 0.3 is 0 Å². The van der Waals surface area contributed by atoms with Crippen molar-refractivity contribution in [2.75, 3.05) is 33.3 Å². The average molecular weight is 320 g/mol. The molecule has 4 rings (SSSR count). The molecule has 4 nitrogen and oxygen atoms in total. The van der Waals surface area contributed by atoms with Crippen LogP contribution in [0.15, 0.2) is 16.8 Å². The Balaban J connectivity index is 1.52. The number of carbonyl (C=O) groups excluding carboxylic acids is 1. The van der Waals surface area contributed by atoms with Crippen molar-refractivity contribution in [1.29, 1.82) is 0 Å². The summed E-state index contributed by atoms with van der Waals surface area (Å²) >= 11 is 1.60. The van der Waals surface area contributed by atoms with Crippen LogP contribution in [0, 0.1) is 11.8 Å². The van der Waals surface area contributed by atoms with Gasteiger partial charge in [-0.05, 0) is 36.6 Å². The predicted octanol–water partition coefficient (Wildman–Crippen LogP) is 2.32. The van der Waals surface area contributed by atoms with Crippen LogP contribution in [0.25, 0.3) is 0 Å². The number of thiophene rings is 1. The number of methoxy groups -OCH3 is 1. The van der Waals surface area contributed by atoms with Crippen molar-refractivity contribution in [2.45, 2.75) is 31.4 Å². The Labute approximate surface area is 136 Å². The third-order valence-electron chi connectivity index (χ3n) is 5.49. The van der Waals surface area contributed by atoms with Crippen molar-refractivity contribution in [2.24, 2.45) is 11.8 Å². The largest absolute Gasteiger partial charge is 0.381 e. The summed E-state index contributed by atoms with van der Waals surface area (Å²) in [5, 5.41) is 3.96. The highest BCUT2D eigenvalue weighted by atomic mass is 32.1.